The van der Waals surface area contributed by atoms with Crippen molar-refractivity contribution in [1.82, 2.24) is 20.2 Å². The number of nitrogens with zero attached hydrogens (tertiary/aromatic N) is 3. The van der Waals surface area contributed by atoms with E-state index >= 15 is 0 Å². The quantitative estimate of drug-likeness (QED) is 0.0938. The lowest BCUT2D eigenvalue weighted by atomic mass is 9.96. The van der Waals surface area contributed by atoms with E-state index < -0.39 is 35.1 Å². The molecule has 3 aromatic carbocycles. The monoisotopic (exact) mass is 566 g/mol. The maximum absolute atomic E-state index is 15.0. The number of amides is 1. The number of alkyl halides is 3. The second kappa shape index (κ2) is 11.1. The van der Waals surface area contributed by atoms with Crippen LogP contribution in [-0.4, -0.2) is 44.7 Å². The van der Waals surface area contributed by atoms with Gasteiger partial charge < -0.3 is 5.32 Å². The maximum atomic E-state index is 15.0. The number of amidine groups is 1. The predicted molar refractivity (Wildman–Crippen MR) is 144 cm³/mol. The van der Waals surface area contributed by atoms with Crippen molar-refractivity contribution in [3.8, 4) is 5.69 Å². The Balaban J connectivity index is 1.52. The number of rotatable bonds is 8. The summed E-state index contributed by atoms with van der Waals surface area (Å²) < 4.78 is 56.6. The summed E-state index contributed by atoms with van der Waals surface area (Å²) >= 11 is 0. The van der Waals surface area contributed by atoms with Gasteiger partial charge in [-0.25, -0.2) is 9.07 Å². The smallest absolute Gasteiger partial charge is 0.318 e. The highest BCUT2D eigenvalue weighted by atomic mass is 19.4. The number of carbonyl (C=O) groups excluding carboxylic acids is 1. The van der Waals surface area contributed by atoms with E-state index in [1.54, 1.807) is 11.5 Å². The van der Waals surface area contributed by atoms with Crippen molar-refractivity contribution in [3.05, 3.63) is 113 Å². The van der Waals surface area contributed by atoms with Crippen LogP contribution in [0, 0.1) is 11.2 Å². The fourth-order valence-corrected chi connectivity index (χ4v) is 4.72. The minimum atomic E-state index is -4.86. The van der Waals surface area contributed by atoms with Gasteiger partial charge in [-0.1, -0.05) is 48.5 Å². The number of nitrogens with one attached hydrogen (secondary N) is 3. The number of carbonyl (C=O) groups is 1. The molecule has 0 bridgehead atoms. The zero-order chi connectivity index (χ0) is 29.3. The molecule has 0 saturated heterocycles. The van der Waals surface area contributed by atoms with Crippen molar-refractivity contribution in [1.29, 1.82) is 5.41 Å². The fourth-order valence-electron chi connectivity index (χ4n) is 4.72. The first-order valence-electron chi connectivity index (χ1n) is 12.7. The van der Waals surface area contributed by atoms with Crippen LogP contribution < -0.4 is 10.8 Å². The summed E-state index contributed by atoms with van der Waals surface area (Å²) in [6.07, 6.45) is -2.80. The molecule has 1 aromatic heterocycles. The van der Waals surface area contributed by atoms with Gasteiger partial charge in [-0.3, -0.25) is 25.8 Å². The summed E-state index contributed by atoms with van der Waals surface area (Å²) in [5.41, 5.74) is 1.46. The Bertz CT molecular complexity index is 1580. The van der Waals surface area contributed by atoms with Crippen molar-refractivity contribution < 1.29 is 27.6 Å². The molecule has 1 heterocycles. The van der Waals surface area contributed by atoms with E-state index in [4.69, 9.17) is 10.6 Å². The average Bonchev–Trinajstić information content (AvgIpc) is 3.71. The minimum absolute atomic E-state index is 0.0209. The van der Waals surface area contributed by atoms with E-state index in [1.165, 1.54) is 36.4 Å². The third-order valence-electron chi connectivity index (χ3n) is 6.92. The third-order valence-corrected chi connectivity index (χ3v) is 6.92. The van der Waals surface area contributed by atoms with Gasteiger partial charge in [-0.15, -0.1) is 0 Å². The van der Waals surface area contributed by atoms with Crippen LogP contribution in [0.25, 0.3) is 5.69 Å². The van der Waals surface area contributed by atoms with Gasteiger partial charge in [0.1, 0.15) is 17.3 Å². The van der Waals surface area contributed by atoms with Gasteiger partial charge in [0.15, 0.2) is 5.69 Å². The summed E-state index contributed by atoms with van der Waals surface area (Å²) in [5, 5.41) is 22.8. The van der Waals surface area contributed by atoms with Crippen LogP contribution >= 0.6 is 0 Å². The average molecular weight is 567 g/mol. The zero-order valence-corrected chi connectivity index (χ0v) is 21.8. The van der Waals surface area contributed by atoms with Crippen LogP contribution in [0.5, 0.6) is 0 Å². The molecular weight excluding hydrogens is 540 g/mol. The number of aromatic nitrogens is 2. The molecule has 1 atom stereocenters. The van der Waals surface area contributed by atoms with Gasteiger partial charge in [0, 0.05) is 17.7 Å². The zero-order valence-electron chi connectivity index (χ0n) is 21.8. The highest BCUT2D eigenvalue weighted by molar-refractivity contribution is 6.04. The van der Waals surface area contributed by atoms with Crippen LogP contribution in [-0.2, 0) is 6.18 Å². The predicted octanol–water partition coefficient (Wildman–Crippen LogP) is 5.77. The summed E-state index contributed by atoms with van der Waals surface area (Å²) in [5.74, 6) is -2.18. The molecule has 0 spiro atoms. The van der Waals surface area contributed by atoms with Gasteiger partial charge in [-0.05, 0) is 55.3 Å². The molecule has 5 rings (SSSR count). The molecule has 1 amide bonds. The molecule has 1 unspecified atom stereocenters. The Labute approximate surface area is 232 Å². The molecule has 1 saturated carbocycles. The van der Waals surface area contributed by atoms with Gasteiger partial charge >= 0.3 is 6.18 Å². The van der Waals surface area contributed by atoms with Crippen molar-refractivity contribution in [2.75, 3.05) is 12.4 Å². The molecule has 1 aliphatic rings. The van der Waals surface area contributed by atoms with Crippen LogP contribution in [0.15, 0.2) is 78.9 Å². The van der Waals surface area contributed by atoms with Gasteiger partial charge in [0.2, 0.25) is 0 Å². The first kappa shape index (κ1) is 28.0. The molecule has 41 heavy (non-hydrogen) atoms. The van der Waals surface area contributed by atoms with E-state index in [1.807, 2.05) is 37.4 Å². The normalized spacial score (nSPS) is 14.1. The molecule has 4 N–H and O–H groups in total. The minimum Gasteiger partial charge on any atom is -0.318 e. The lowest BCUT2D eigenvalue weighted by molar-refractivity contribution is -0.141. The van der Waals surface area contributed by atoms with Crippen LogP contribution in [0.2, 0.25) is 0 Å². The molecule has 4 aromatic rings. The van der Waals surface area contributed by atoms with E-state index in [0.717, 1.165) is 23.1 Å². The van der Waals surface area contributed by atoms with E-state index in [2.05, 4.69) is 15.3 Å². The number of anilines is 1. The largest absolute Gasteiger partial charge is 0.435 e. The highest BCUT2D eigenvalue weighted by Gasteiger charge is 2.37. The lowest BCUT2D eigenvalue weighted by Gasteiger charge is -2.29. The number of benzene rings is 3. The summed E-state index contributed by atoms with van der Waals surface area (Å²) in [6, 6.07) is 20.2. The van der Waals surface area contributed by atoms with Crippen molar-refractivity contribution in [2.24, 2.45) is 0 Å². The Morgan fingerprint density at radius 2 is 1.78 bits per heavy atom. The SMILES string of the molecule is CN(C1CC1)C(c1ccccc1)c1ccc(F)c(NC(=O)c2cc(C(F)(F)F)nn2-c2cccc(C(=N)NO)c2)c1. The van der Waals surface area contributed by atoms with Crippen molar-refractivity contribution >= 4 is 17.4 Å². The highest BCUT2D eigenvalue weighted by Crippen LogP contribution is 2.38. The molecule has 0 radical (unpaired) electrons. The Morgan fingerprint density at radius 3 is 2.44 bits per heavy atom. The molecule has 212 valence electrons. The third kappa shape index (κ3) is 5.98. The molecule has 0 aliphatic heterocycles. The van der Waals surface area contributed by atoms with Gasteiger partial charge in [0.05, 0.1) is 17.4 Å². The summed E-state index contributed by atoms with van der Waals surface area (Å²) in [7, 11) is 1.98. The molecule has 1 aliphatic carbocycles. The van der Waals surface area contributed by atoms with Crippen molar-refractivity contribution in [2.45, 2.75) is 31.1 Å². The number of halogens is 4. The topological polar surface area (TPSA) is 106 Å². The molecule has 1 fully saturated rings. The van der Waals surface area contributed by atoms with E-state index in [-0.39, 0.29) is 23.0 Å². The second-order valence-electron chi connectivity index (χ2n) is 9.76. The number of hydroxylamine groups is 1. The Hall–Kier alpha value is -4.55. The molecular formula is C29H26F4N6O2. The second-order valence-corrected chi connectivity index (χ2v) is 9.76. The van der Waals surface area contributed by atoms with Crippen LogP contribution in [0.1, 0.15) is 51.8 Å². The van der Waals surface area contributed by atoms with E-state index in [9.17, 15) is 22.4 Å². The first-order valence-corrected chi connectivity index (χ1v) is 12.7. The van der Waals surface area contributed by atoms with Gasteiger partial charge in [-0.2, -0.15) is 18.3 Å². The van der Waals surface area contributed by atoms with E-state index in [0.29, 0.717) is 17.7 Å². The summed E-state index contributed by atoms with van der Waals surface area (Å²) in [4.78, 5) is 15.6. The van der Waals surface area contributed by atoms with Crippen molar-refractivity contribution in [3.63, 3.8) is 0 Å². The number of hydrogen-bond donors (Lipinski definition) is 4. The Kier molecular flexibility index (Phi) is 7.61. The fraction of sp³-hybridized carbons (Fsp3) is 0.207. The Morgan fingerprint density at radius 1 is 1.05 bits per heavy atom. The summed E-state index contributed by atoms with van der Waals surface area (Å²) in [6.45, 7) is 0. The van der Waals surface area contributed by atoms with Crippen LogP contribution in [0.3, 0.4) is 0 Å². The standard InChI is InChI=1S/C29H26F4N6O2/c1-38(20-11-12-20)26(17-6-3-2-4-7-17)18-10-13-22(30)23(15-18)35-28(40)24-16-25(29(31,32)33)36-39(24)21-9-5-8-19(14-21)27(34)37-41/h2-10,13-16,20,26,41H,11-12H2,1H3,(H2,34,37)(H,35,40). The number of hydrogen-bond acceptors (Lipinski definition) is 5. The first-order chi connectivity index (χ1) is 19.6. The lowest BCUT2D eigenvalue weighted by Crippen LogP contribution is -2.28. The molecule has 8 nitrogen and oxygen atoms in total. The maximum Gasteiger partial charge on any atom is 0.435 e. The molecule has 12 heteroatoms. The van der Waals surface area contributed by atoms with Crippen LogP contribution in [0.4, 0.5) is 23.2 Å². The van der Waals surface area contributed by atoms with Gasteiger partial charge in [0.25, 0.3) is 5.91 Å².